The SMILES string of the molecule is COc1ccc(-c2nc(C(=O)OCC(=O)Nc3ccc(C)c(F)c3)cs2)cc1. The van der Waals surface area contributed by atoms with Crippen LogP contribution in [0.4, 0.5) is 10.1 Å². The summed E-state index contributed by atoms with van der Waals surface area (Å²) in [6.07, 6.45) is 0. The molecule has 0 saturated heterocycles. The van der Waals surface area contributed by atoms with Crippen molar-refractivity contribution in [3.8, 4) is 16.3 Å². The minimum absolute atomic E-state index is 0.116. The van der Waals surface area contributed by atoms with Gasteiger partial charge in [0.15, 0.2) is 12.3 Å². The van der Waals surface area contributed by atoms with Gasteiger partial charge in [-0.2, -0.15) is 0 Å². The van der Waals surface area contributed by atoms with Gasteiger partial charge in [-0.05, 0) is 48.9 Å². The van der Waals surface area contributed by atoms with E-state index in [1.54, 1.807) is 43.7 Å². The highest BCUT2D eigenvalue weighted by Crippen LogP contribution is 2.26. The number of hydrogen-bond acceptors (Lipinski definition) is 6. The predicted octanol–water partition coefficient (Wildman–Crippen LogP) is 4.06. The third-order valence-electron chi connectivity index (χ3n) is 3.84. The molecule has 1 amide bonds. The Bertz CT molecular complexity index is 1000. The quantitative estimate of drug-likeness (QED) is 0.632. The number of aromatic nitrogens is 1. The first-order valence-electron chi connectivity index (χ1n) is 8.29. The molecule has 0 aliphatic carbocycles. The van der Waals surface area contributed by atoms with Gasteiger partial charge < -0.3 is 14.8 Å². The zero-order valence-electron chi connectivity index (χ0n) is 15.2. The fourth-order valence-corrected chi connectivity index (χ4v) is 3.10. The number of anilines is 1. The minimum atomic E-state index is -0.707. The van der Waals surface area contributed by atoms with Crippen molar-refractivity contribution < 1.29 is 23.5 Å². The highest BCUT2D eigenvalue weighted by Gasteiger charge is 2.15. The molecule has 0 bridgehead atoms. The number of nitrogens with one attached hydrogen (secondary N) is 1. The van der Waals surface area contributed by atoms with Gasteiger partial charge in [-0.25, -0.2) is 14.2 Å². The van der Waals surface area contributed by atoms with Crippen LogP contribution >= 0.6 is 11.3 Å². The van der Waals surface area contributed by atoms with Crippen molar-refractivity contribution in [3.63, 3.8) is 0 Å². The van der Waals surface area contributed by atoms with Crippen molar-refractivity contribution >= 4 is 28.9 Å². The molecule has 144 valence electrons. The number of halogens is 1. The van der Waals surface area contributed by atoms with E-state index in [0.29, 0.717) is 16.3 Å². The summed E-state index contributed by atoms with van der Waals surface area (Å²) >= 11 is 1.29. The molecule has 0 radical (unpaired) electrons. The Morgan fingerprint density at radius 3 is 2.61 bits per heavy atom. The molecule has 0 saturated carbocycles. The number of rotatable bonds is 6. The summed E-state index contributed by atoms with van der Waals surface area (Å²) in [7, 11) is 1.58. The second-order valence-corrected chi connectivity index (χ2v) is 6.71. The van der Waals surface area contributed by atoms with Crippen LogP contribution in [0.1, 0.15) is 16.1 Å². The van der Waals surface area contributed by atoms with Gasteiger partial charge in [0, 0.05) is 16.6 Å². The van der Waals surface area contributed by atoms with Crippen molar-refractivity contribution in [3.05, 3.63) is 64.9 Å². The number of esters is 1. The molecule has 1 N–H and O–H groups in total. The van der Waals surface area contributed by atoms with Crippen LogP contribution in [0.15, 0.2) is 47.8 Å². The largest absolute Gasteiger partial charge is 0.497 e. The Balaban J connectivity index is 1.56. The maximum atomic E-state index is 13.5. The van der Waals surface area contributed by atoms with Crippen LogP contribution in [0.3, 0.4) is 0 Å². The lowest BCUT2D eigenvalue weighted by Crippen LogP contribution is -2.21. The first kappa shape index (κ1) is 19.5. The second-order valence-electron chi connectivity index (χ2n) is 5.85. The van der Waals surface area contributed by atoms with Crippen LogP contribution in [0.25, 0.3) is 10.6 Å². The molecule has 0 unspecified atom stereocenters. The van der Waals surface area contributed by atoms with E-state index in [1.165, 1.54) is 17.4 Å². The Hall–Kier alpha value is -3.26. The maximum absolute atomic E-state index is 13.5. The van der Waals surface area contributed by atoms with E-state index < -0.39 is 24.3 Å². The van der Waals surface area contributed by atoms with Crippen LogP contribution in [-0.2, 0) is 9.53 Å². The number of thiazole rings is 1. The van der Waals surface area contributed by atoms with Gasteiger partial charge in [0.1, 0.15) is 16.6 Å². The number of methoxy groups -OCH3 is 1. The average Bonchev–Trinajstić information content (AvgIpc) is 3.19. The number of nitrogens with zero attached hydrogens (tertiary/aromatic N) is 1. The topological polar surface area (TPSA) is 77.5 Å². The first-order valence-corrected chi connectivity index (χ1v) is 9.17. The van der Waals surface area contributed by atoms with E-state index in [9.17, 15) is 14.0 Å². The summed E-state index contributed by atoms with van der Waals surface area (Å²) in [6.45, 7) is 1.13. The molecule has 28 heavy (non-hydrogen) atoms. The Morgan fingerprint density at radius 2 is 1.93 bits per heavy atom. The van der Waals surface area contributed by atoms with Crippen LogP contribution in [0.2, 0.25) is 0 Å². The summed E-state index contributed by atoms with van der Waals surface area (Å²) in [4.78, 5) is 28.2. The molecule has 6 nitrogen and oxygen atoms in total. The van der Waals surface area contributed by atoms with Gasteiger partial charge >= 0.3 is 5.97 Å². The number of carbonyl (C=O) groups excluding carboxylic acids is 2. The minimum Gasteiger partial charge on any atom is -0.497 e. The van der Waals surface area contributed by atoms with Gasteiger partial charge in [-0.15, -0.1) is 11.3 Å². The zero-order valence-corrected chi connectivity index (χ0v) is 16.0. The van der Waals surface area contributed by atoms with Gasteiger partial charge in [-0.3, -0.25) is 4.79 Å². The number of carbonyl (C=O) groups is 2. The van der Waals surface area contributed by atoms with Crippen molar-refractivity contribution in [1.82, 2.24) is 4.98 Å². The molecule has 0 aliphatic heterocycles. The molecule has 2 aromatic carbocycles. The number of hydrogen-bond donors (Lipinski definition) is 1. The summed E-state index contributed by atoms with van der Waals surface area (Å²) in [6, 6.07) is 11.6. The van der Waals surface area contributed by atoms with E-state index >= 15 is 0 Å². The monoisotopic (exact) mass is 400 g/mol. The summed E-state index contributed by atoms with van der Waals surface area (Å²) in [5.74, 6) is -0.980. The standard InChI is InChI=1S/C20H17FN2O4S/c1-12-3-6-14(9-16(12)21)22-18(24)10-27-20(25)17-11-28-19(23-17)13-4-7-15(26-2)8-5-13/h3-9,11H,10H2,1-2H3,(H,22,24). The van der Waals surface area contributed by atoms with E-state index in [1.807, 2.05) is 12.1 Å². The molecule has 0 fully saturated rings. The van der Waals surface area contributed by atoms with Gasteiger partial charge in [0.2, 0.25) is 0 Å². The molecule has 3 aromatic rings. The molecule has 0 aliphatic rings. The zero-order chi connectivity index (χ0) is 20.1. The van der Waals surface area contributed by atoms with Crippen LogP contribution in [-0.4, -0.2) is 30.6 Å². The number of aryl methyl sites for hydroxylation is 1. The predicted molar refractivity (Wildman–Crippen MR) is 104 cm³/mol. The van der Waals surface area contributed by atoms with Crippen LogP contribution in [0.5, 0.6) is 5.75 Å². The summed E-state index contributed by atoms with van der Waals surface area (Å²) < 4.78 is 23.6. The fraction of sp³-hybridized carbons (Fsp3) is 0.150. The lowest BCUT2D eigenvalue weighted by atomic mass is 10.2. The molecule has 0 atom stereocenters. The fourth-order valence-electron chi connectivity index (χ4n) is 2.31. The summed E-state index contributed by atoms with van der Waals surface area (Å²) in [5, 5.41) is 4.68. The third kappa shape index (κ3) is 4.72. The molecule has 3 rings (SSSR count). The first-order chi connectivity index (χ1) is 13.5. The maximum Gasteiger partial charge on any atom is 0.358 e. The van der Waals surface area contributed by atoms with Gasteiger partial charge in [0.25, 0.3) is 5.91 Å². The van der Waals surface area contributed by atoms with Crippen molar-refractivity contribution in [2.75, 3.05) is 19.0 Å². The Kier molecular flexibility index (Phi) is 6.00. The van der Waals surface area contributed by atoms with E-state index in [0.717, 1.165) is 11.3 Å². The molecule has 8 heteroatoms. The van der Waals surface area contributed by atoms with E-state index in [4.69, 9.17) is 9.47 Å². The molecular weight excluding hydrogens is 383 g/mol. The normalized spacial score (nSPS) is 10.4. The van der Waals surface area contributed by atoms with E-state index in [2.05, 4.69) is 10.3 Å². The molecule has 1 aromatic heterocycles. The lowest BCUT2D eigenvalue weighted by Gasteiger charge is -2.06. The van der Waals surface area contributed by atoms with Crippen molar-refractivity contribution in [2.45, 2.75) is 6.92 Å². The molecular formula is C20H17FN2O4S. The smallest absolute Gasteiger partial charge is 0.358 e. The Labute approximate surface area is 164 Å². The van der Waals surface area contributed by atoms with Gasteiger partial charge in [0.05, 0.1) is 7.11 Å². The molecule has 1 heterocycles. The van der Waals surface area contributed by atoms with Crippen molar-refractivity contribution in [1.29, 1.82) is 0 Å². The van der Waals surface area contributed by atoms with E-state index in [-0.39, 0.29) is 5.69 Å². The lowest BCUT2D eigenvalue weighted by molar-refractivity contribution is -0.119. The van der Waals surface area contributed by atoms with Crippen molar-refractivity contribution in [2.24, 2.45) is 0 Å². The van der Waals surface area contributed by atoms with Gasteiger partial charge in [-0.1, -0.05) is 6.07 Å². The Morgan fingerprint density at radius 1 is 1.18 bits per heavy atom. The third-order valence-corrected chi connectivity index (χ3v) is 4.73. The average molecular weight is 400 g/mol. The number of amides is 1. The van der Waals surface area contributed by atoms with Crippen LogP contribution < -0.4 is 10.1 Å². The second kappa shape index (κ2) is 8.62. The highest BCUT2D eigenvalue weighted by molar-refractivity contribution is 7.13. The number of benzene rings is 2. The number of ether oxygens (including phenoxy) is 2. The molecule has 0 spiro atoms. The summed E-state index contributed by atoms with van der Waals surface area (Å²) in [5.41, 5.74) is 1.72. The van der Waals surface area contributed by atoms with Crippen LogP contribution in [0, 0.1) is 12.7 Å². The highest BCUT2D eigenvalue weighted by atomic mass is 32.1.